The predicted molar refractivity (Wildman–Crippen MR) is 175 cm³/mol. The Kier molecular flexibility index (Phi) is 4.59. The smallest absolute Gasteiger partial charge is 0.140 e. The fraction of sp³-hybridized carbons (Fsp3) is 0.122. The Hall–Kier alpha value is -4.88. The minimum atomic E-state index is -0.501. The van der Waals surface area contributed by atoms with Crippen LogP contribution in [-0.2, 0) is 5.41 Å². The van der Waals surface area contributed by atoms with Crippen molar-refractivity contribution < 1.29 is 4.74 Å². The van der Waals surface area contributed by atoms with Crippen LogP contribution in [0.2, 0.25) is 0 Å². The normalized spacial score (nSPS) is 14.1. The predicted octanol–water partition coefficient (Wildman–Crippen LogP) is 10.8. The summed E-state index contributed by atoms with van der Waals surface area (Å²) in [5, 5.41) is 7.31. The summed E-state index contributed by atoms with van der Waals surface area (Å²) < 4.78 is 7.20. The molecule has 0 aromatic heterocycles. The Morgan fingerprint density at radius 3 is 1.55 bits per heavy atom. The first-order chi connectivity index (χ1) is 20.4. The molecule has 1 spiro atoms. The van der Waals surface area contributed by atoms with Crippen LogP contribution >= 0.6 is 0 Å². The van der Waals surface area contributed by atoms with Crippen LogP contribution in [0.15, 0.2) is 109 Å². The third-order valence-corrected chi connectivity index (χ3v) is 10.1. The molecular weight excluding hydrogens is 508 g/mol. The number of hydrogen-bond acceptors (Lipinski definition) is 1. The number of ether oxygens (including phenoxy) is 1. The van der Waals surface area contributed by atoms with Gasteiger partial charge >= 0.3 is 0 Å². The number of benzene rings is 7. The van der Waals surface area contributed by atoms with E-state index in [4.69, 9.17) is 4.74 Å². The van der Waals surface area contributed by atoms with Crippen LogP contribution in [0.4, 0.5) is 0 Å². The summed E-state index contributed by atoms with van der Waals surface area (Å²) in [5.41, 5.74) is 12.4. The van der Waals surface area contributed by atoms with Gasteiger partial charge in [0, 0.05) is 21.9 Å². The summed E-state index contributed by atoms with van der Waals surface area (Å²) in [6.45, 7) is 8.79. The van der Waals surface area contributed by atoms with Crippen molar-refractivity contribution in [2.45, 2.75) is 33.1 Å². The highest BCUT2D eigenvalue weighted by Crippen LogP contribution is 2.64. The highest BCUT2D eigenvalue weighted by atomic mass is 16.5. The fourth-order valence-electron chi connectivity index (χ4n) is 7.74. The molecule has 0 atom stereocenters. The van der Waals surface area contributed by atoms with Crippen LogP contribution in [0.5, 0.6) is 11.5 Å². The molecule has 0 N–H and O–H groups in total. The summed E-state index contributed by atoms with van der Waals surface area (Å²) in [6.07, 6.45) is 0. The first-order valence-corrected chi connectivity index (χ1v) is 14.8. The van der Waals surface area contributed by atoms with Crippen molar-refractivity contribution in [1.82, 2.24) is 0 Å². The first kappa shape index (κ1) is 23.8. The molecule has 0 radical (unpaired) electrons. The quantitative estimate of drug-likeness (QED) is 0.187. The first-order valence-electron chi connectivity index (χ1n) is 14.8. The van der Waals surface area contributed by atoms with Crippen LogP contribution in [-0.4, -0.2) is 0 Å². The molecule has 0 saturated heterocycles. The Bertz CT molecular complexity index is 2220. The minimum Gasteiger partial charge on any atom is -0.455 e. The summed E-state index contributed by atoms with van der Waals surface area (Å²) in [7, 11) is 0. The van der Waals surface area contributed by atoms with Crippen LogP contribution in [0.3, 0.4) is 0 Å². The Labute approximate surface area is 246 Å². The lowest BCUT2D eigenvalue weighted by atomic mass is 9.65. The molecular formula is C41H30O. The second-order valence-electron chi connectivity index (χ2n) is 12.3. The van der Waals surface area contributed by atoms with Gasteiger partial charge in [0.2, 0.25) is 0 Å². The van der Waals surface area contributed by atoms with Crippen LogP contribution in [0, 0.1) is 27.7 Å². The molecule has 42 heavy (non-hydrogen) atoms. The second-order valence-corrected chi connectivity index (χ2v) is 12.3. The van der Waals surface area contributed by atoms with Gasteiger partial charge in [0.1, 0.15) is 11.5 Å². The van der Waals surface area contributed by atoms with Gasteiger partial charge in [0.25, 0.3) is 0 Å². The Balaban J connectivity index is 1.52. The van der Waals surface area contributed by atoms with E-state index in [1.807, 2.05) is 0 Å². The van der Waals surface area contributed by atoms with Crippen molar-refractivity contribution >= 4 is 32.3 Å². The van der Waals surface area contributed by atoms with Crippen molar-refractivity contribution in [3.8, 4) is 22.6 Å². The van der Waals surface area contributed by atoms with E-state index in [0.717, 1.165) is 11.5 Å². The van der Waals surface area contributed by atoms with Crippen molar-refractivity contribution in [3.63, 3.8) is 0 Å². The number of fused-ring (bicyclic) bond motifs is 14. The Morgan fingerprint density at radius 1 is 0.405 bits per heavy atom. The maximum Gasteiger partial charge on any atom is 0.140 e. The molecule has 9 rings (SSSR count). The molecule has 0 unspecified atom stereocenters. The van der Waals surface area contributed by atoms with Gasteiger partial charge in [-0.1, -0.05) is 84.9 Å². The lowest BCUT2D eigenvalue weighted by Crippen LogP contribution is -2.32. The summed E-state index contributed by atoms with van der Waals surface area (Å²) in [4.78, 5) is 0. The topological polar surface area (TPSA) is 9.23 Å². The zero-order chi connectivity index (χ0) is 28.3. The standard InChI is InChI=1S/C41H30O/c1-23-17-29-13-15-36-39(32(29)19-25(23)3)42-40-33-20-26(4)24(2)18-30(33)14-16-37(40)41(36)35-12-8-7-11-31(35)34-21-27-9-5-6-10-28(27)22-38(34)41/h5-22H,1-4H3. The van der Waals surface area contributed by atoms with Crippen molar-refractivity contribution in [2.75, 3.05) is 0 Å². The second kappa shape index (κ2) is 8.11. The Morgan fingerprint density at radius 2 is 0.929 bits per heavy atom. The minimum absolute atomic E-state index is 0.501. The SMILES string of the molecule is Cc1cc2ccc3c(c2cc1C)Oc1c(ccc2cc(C)c(C)cc12)C31c2ccccc2-c2cc3ccccc3cc21. The summed E-state index contributed by atoms with van der Waals surface area (Å²) >= 11 is 0. The molecule has 1 aliphatic carbocycles. The molecule has 1 nitrogen and oxygen atoms in total. The molecule has 2 aliphatic rings. The highest BCUT2D eigenvalue weighted by molar-refractivity contribution is 6.02. The molecule has 200 valence electrons. The van der Waals surface area contributed by atoms with Crippen LogP contribution in [0.1, 0.15) is 44.5 Å². The summed E-state index contributed by atoms with van der Waals surface area (Å²) in [6, 6.07) is 41.1. The molecule has 1 heteroatoms. The van der Waals surface area contributed by atoms with Crippen LogP contribution < -0.4 is 4.74 Å². The molecule has 0 fully saturated rings. The maximum absolute atomic E-state index is 7.20. The number of hydrogen-bond donors (Lipinski definition) is 0. The van der Waals surface area contributed by atoms with E-state index in [1.54, 1.807) is 0 Å². The van der Waals surface area contributed by atoms with E-state index in [2.05, 4.69) is 137 Å². The molecule has 0 amide bonds. The van der Waals surface area contributed by atoms with E-state index in [1.165, 1.54) is 88.0 Å². The average Bonchev–Trinajstić information content (AvgIpc) is 3.27. The summed E-state index contributed by atoms with van der Waals surface area (Å²) in [5.74, 6) is 1.95. The van der Waals surface area contributed by atoms with Gasteiger partial charge in [-0.25, -0.2) is 0 Å². The van der Waals surface area contributed by atoms with Gasteiger partial charge in [-0.3, -0.25) is 0 Å². The molecule has 1 heterocycles. The zero-order valence-electron chi connectivity index (χ0n) is 24.3. The van der Waals surface area contributed by atoms with Crippen molar-refractivity contribution in [2.24, 2.45) is 0 Å². The van der Waals surface area contributed by atoms with Crippen molar-refractivity contribution in [3.05, 3.63) is 154 Å². The van der Waals surface area contributed by atoms with E-state index < -0.39 is 5.41 Å². The maximum atomic E-state index is 7.20. The van der Waals surface area contributed by atoms with Gasteiger partial charge < -0.3 is 4.74 Å². The third kappa shape index (κ3) is 2.88. The van der Waals surface area contributed by atoms with Crippen molar-refractivity contribution in [1.29, 1.82) is 0 Å². The van der Waals surface area contributed by atoms with Gasteiger partial charge in [-0.15, -0.1) is 0 Å². The molecule has 0 saturated carbocycles. The number of rotatable bonds is 0. The van der Waals surface area contributed by atoms with E-state index >= 15 is 0 Å². The molecule has 1 aliphatic heterocycles. The zero-order valence-corrected chi connectivity index (χ0v) is 24.3. The van der Waals surface area contributed by atoms with Gasteiger partial charge in [-0.2, -0.15) is 0 Å². The lowest BCUT2D eigenvalue weighted by molar-refractivity contribution is 0.447. The lowest BCUT2D eigenvalue weighted by Gasteiger charge is -2.40. The van der Waals surface area contributed by atoms with Gasteiger partial charge in [0.05, 0.1) is 5.41 Å². The van der Waals surface area contributed by atoms with E-state index in [0.29, 0.717) is 0 Å². The van der Waals surface area contributed by atoms with E-state index in [9.17, 15) is 0 Å². The largest absolute Gasteiger partial charge is 0.455 e. The fourth-order valence-corrected chi connectivity index (χ4v) is 7.74. The molecule has 7 aromatic carbocycles. The monoisotopic (exact) mass is 538 g/mol. The third-order valence-electron chi connectivity index (χ3n) is 10.1. The van der Waals surface area contributed by atoms with E-state index in [-0.39, 0.29) is 0 Å². The number of aryl methyl sites for hydroxylation is 4. The van der Waals surface area contributed by atoms with Gasteiger partial charge in [-0.05, 0) is 118 Å². The molecule has 0 bridgehead atoms. The van der Waals surface area contributed by atoms with Gasteiger partial charge in [0.15, 0.2) is 0 Å². The highest BCUT2D eigenvalue weighted by Gasteiger charge is 2.51. The van der Waals surface area contributed by atoms with Crippen LogP contribution in [0.25, 0.3) is 43.4 Å². The average molecular weight is 539 g/mol. The molecule has 7 aromatic rings.